The van der Waals surface area contributed by atoms with E-state index in [0.29, 0.717) is 31.2 Å². The molecule has 0 bridgehead atoms. The number of pyridine rings is 1. The molecule has 1 fully saturated rings. The van der Waals surface area contributed by atoms with Gasteiger partial charge in [-0.25, -0.2) is 0 Å². The predicted octanol–water partition coefficient (Wildman–Crippen LogP) is 3.66. The molecular weight excluding hydrogens is 439 g/mol. The summed E-state index contributed by atoms with van der Waals surface area (Å²) in [7, 11) is 0. The van der Waals surface area contributed by atoms with Gasteiger partial charge in [-0.15, -0.1) is 0 Å². The van der Waals surface area contributed by atoms with Crippen LogP contribution in [0.2, 0.25) is 0 Å². The van der Waals surface area contributed by atoms with Crippen LogP contribution in [-0.4, -0.2) is 39.3 Å². The number of aliphatic hydroxyl groups is 1. The Morgan fingerprint density at radius 3 is 2.67 bits per heavy atom. The van der Waals surface area contributed by atoms with Crippen LogP contribution in [-0.2, 0) is 15.9 Å². The number of benzene rings is 1. The molecule has 0 aliphatic carbocycles. The van der Waals surface area contributed by atoms with E-state index in [1.54, 1.807) is 10.7 Å². The topological polar surface area (TPSA) is 116 Å². The monoisotopic (exact) mass is 461 g/mol. The fourth-order valence-corrected chi connectivity index (χ4v) is 4.07. The largest absolute Gasteiger partial charge is 0.421 e. The quantitative estimate of drug-likeness (QED) is 0.534. The summed E-state index contributed by atoms with van der Waals surface area (Å²) in [6.45, 7) is 1.53. The number of ether oxygens (including phenoxy) is 1. The predicted molar refractivity (Wildman–Crippen MR) is 114 cm³/mol. The van der Waals surface area contributed by atoms with Crippen molar-refractivity contribution in [2.24, 2.45) is 0 Å². The van der Waals surface area contributed by atoms with Crippen molar-refractivity contribution < 1.29 is 23.0 Å². The van der Waals surface area contributed by atoms with Gasteiger partial charge in [-0.3, -0.25) is 9.48 Å². The zero-order valence-corrected chi connectivity index (χ0v) is 17.7. The molecule has 1 saturated heterocycles. The third-order valence-corrected chi connectivity index (χ3v) is 6.02. The molecule has 0 amide bonds. The van der Waals surface area contributed by atoms with Gasteiger partial charge in [-0.1, -0.05) is 12.1 Å². The van der Waals surface area contributed by atoms with E-state index in [9.17, 15) is 28.3 Å². The molecular formula is C22H22F3N5O3. The maximum absolute atomic E-state index is 13.1. The molecule has 2 aromatic heterocycles. The Kier molecular flexibility index (Phi) is 5.67. The first-order valence-electron chi connectivity index (χ1n) is 10.3. The van der Waals surface area contributed by atoms with Crippen molar-refractivity contribution in [1.82, 2.24) is 14.8 Å². The number of nitrogens with zero attached hydrogens (tertiary/aromatic N) is 3. The van der Waals surface area contributed by atoms with E-state index < -0.39 is 22.9 Å². The molecule has 0 saturated carbocycles. The molecule has 8 nitrogen and oxygen atoms in total. The van der Waals surface area contributed by atoms with E-state index in [1.807, 2.05) is 0 Å². The van der Waals surface area contributed by atoms with Crippen LogP contribution in [0.25, 0.3) is 10.9 Å². The Balaban J connectivity index is 1.75. The first-order chi connectivity index (χ1) is 15.6. The van der Waals surface area contributed by atoms with Crippen molar-refractivity contribution in [2.45, 2.75) is 43.5 Å². The Labute approximate surface area is 186 Å². The van der Waals surface area contributed by atoms with Crippen molar-refractivity contribution in [3.05, 3.63) is 52.4 Å². The van der Waals surface area contributed by atoms with E-state index in [-0.39, 0.29) is 29.8 Å². The maximum atomic E-state index is 13.1. The Morgan fingerprint density at radius 1 is 1.33 bits per heavy atom. The lowest BCUT2D eigenvalue weighted by Gasteiger charge is -2.35. The molecule has 0 spiro atoms. The minimum Gasteiger partial charge on any atom is -0.379 e. The first kappa shape index (κ1) is 22.8. The molecule has 174 valence electrons. The summed E-state index contributed by atoms with van der Waals surface area (Å²) in [5, 5.41) is 27.1. The van der Waals surface area contributed by atoms with E-state index >= 15 is 0 Å². The van der Waals surface area contributed by atoms with Crippen molar-refractivity contribution in [3.8, 4) is 6.07 Å². The number of H-pyrrole nitrogens is 1. The average molecular weight is 461 g/mol. The Morgan fingerprint density at radius 2 is 2.06 bits per heavy atom. The molecule has 3 N–H and O–H groups in total. The number of fused-ring (bicyclic) bond motifs is 1. The number of nitriles is 1. The van der Waals surface area contributed by atoms with E-state index in [4.69, 9.17) is 4.74 Å². The van der Waals surface area contributed by atoms with E-state index in [0.717, 1.165) is 18.6 Å². The summed E-state index contributed by atoms with van der Waals surface area (Å²) < 4.78 is 46.6. The van der Waals surface area contributed by atoms with Crippen LogP contribution in [0.3, 0.4) is 0 Å². The Bertz CT molecular complexity index is 1250. The van der Waals surface area contributed by atoms with Gasteiger partial charge in [0.15, 0.2) is 11.4 Å². The SMILES string of the molecule is CC(O)(c1ccc(Nc2nn([C@]3(CC#N)CCCOC3)c3cc[nH]c(=O)c23)cc1)C(F)(F)F. The van der Waals surface area contributed by atoms with Crippen LogP contribution < -0.4 is 10.9 Å². The van der Waals surface area contributed by atoms with Crippen molar-refractivity contribution in [1.29, 1.82) is 5.26 Å². The lowest BCUT2D eigenvalue weighted by molar-refractivity contribution is -0.258. The summed E-state index contributed by atoms with van der Waals surface area (Å²) in [4.78, 5) is 15.2. The van der Waals surface area contributed by atoms with Gasteiger partial charge in [-0.2, -0.15) is 23.5 Å². The van der Waals surface area contributed by atoms with Gasteiger partial charge in [-0.05, 0) is 43.5 Å². The molecule has 33 heavy (non-hydrogen) atoms. The van der Waals surface area contributed by atoms with E-state index in [1.165, 1.54) is 18.3 Å². The van der Waals surface area contributed by atoms with Gasteiger partial charge in [0.05, 0.1) is 30.2 Å². The van der Waals surface area contributed by atoms with Gasteiger partial charge in [0, 0.05) is 18.5 Å². The van der Waals surface area contributed by atoms with Crippen LogP contribution in [0.15, 0.2) is 41.3 Å². The number of alkyl halides is 3. The van der Waals surface area contributed by atoms with Crippen LogP contribution >= 0.6 is 0 Å². The van der Waals surface area contributed by atoms with Crippen LogP contribution in [0.5, 0.6) is 0 Å². The number of aromatic amines is 1. The highest BCUT2D eigenvalue weighted by Crippen LogP contribution is 2.39. The van der Waals surface area contributed by atoms with Gasteiger partial charge >= 0.3 is 6.18 Å². The summed E-state index contributed by atoms with van der Waals surface area (Å²) in [5.74, 6) is 0.199. The minimum absolute atomic E-state index is 0.136. The first-order valence-corrected chi connectivity index (χ1v) is 10.3. The Hall–Kier alpha value is -3.36. The maximum Gasteiger partial charge on any atom is 0.421 e. The highest BCUT2D eigenvalue weighted by molar-refractivity contribution is 5.91. The van der Waals surface area contributed by atoms with Crippen molar-refractivity contribution in [2.75, 3.05) is 18.5 Å². The fraction of sp³-hybridized carbons (Fsp3) is 0.409. The van der Waals surface area contributed by atoms with Crippen LogP contribution in [0.4, 0.5) is 24.7 Å². The van der Waals surface area contributed by atoms with Crippen LogP contribution in [0.1, 0.15) is 31.7 Å². The zero-order chi connectivity index (χ0) is 23.9. The molecule has 4 rings (SSSR count). The summed E-state index contributed by atoms with van der Waals surface area (Å²) in [6, 6.07) is 8.92. The second-order valence-corrected chi connectivity index (χ2v) is 8.32. The normalized spacial score (nSPS) is 20.8. The van der Waals surface area contributed by atoms with Gasteiger partial charge in [0.1, 0.15) is 5.39 Å². The molecule has 11 heteroatoms. The number of rotatable bonds is 5. The average Bonchev–Trinajstić information content (AvgIpc) is 3.14. The number of halogens is 3. The van der Waals surface area contributed by atoms with Crippen molar-refractivity contribution in [3.63, 3.8) is 0 Å². The smallest absolute Gasteiger partial charge is 0.379 e. The number of aromatic nitrogens is 3. The van der Waals surface area contributed by atoms with Crippen molar-refractivity contribution >= 4 is 22.4 Å². The molecule has 1 aliphatic heterocycles. The van der Waals surface area contributed by atoms with Crippen LogP contribution in [0, 0.1) is 11.3 Å². The molecule has 2 atom stereocenters. The standard InChI is InChI=1S/C22H22F3N5O3/c1-20(32,22(23,24)25)14-3-5-15(6-4-14)28-18-17-16(7-11-27-19(17)31)30(29-18)21(9-10-26)8-2-12-33-13-21/h3-7,11,32H,2,8-9,12-13H2,1H3,(H,27,31)(H,28,29)/t20?,21-/m0/s1. The van der Waals surface area contributed by atoms with Gasteiger partial charge in [0.25, 0.3) is 5.56 Å². The minimum atomic E-state index is -4.83. The van der Waals surface area contributed by atoms with Gasteiger partial charge in [0.2, 0.25) is 0 Å². The highest BCUT2D eigenvalue weighted by atomic mass is 19.4. The third kappa shape index (κ3) is 3.96. The molecule has 1 aliphatic rings. The summed E-state index contributed by atoms with van der Waals surface area (Å²) in [6.07, 6.45) is -1.83. The second-order valence-electron chi connectivity index (χ2n) is 8.32. The second kappa shape index (κ2) is 8.20. The molecule has 1 unspecified atom stereocenters. The number of hydrogen-bond donors (Lipinski definition) is 3. The molecule has 1 aromatic carbocycles. The lowest BCUT2D eigenvalue weighted by atomic mass is 9.89. The number of anilines is 2. The fourth-order valence-electron chi connectivity index (χ4n) is 4.07. The molecule has 3 heterocycles. The molecule has 0 radical (unpaired) electrons. The number of nitrogens with one attached hydrogen (secondary N) is 2. The number of hydrogen-bond acceptors (Lipinski definition) is 6. The van der Waals surface area contributed by atoms with E-state index in [2.05, 4.69) is 21.5 Å². The van der Waals surface area contributed by atoms with Gasteiger partial charge < -0.3 is 20.1 Å². The summed E-state index contributed by atoms with van der Waals surface area (Å²) >= 11 is 0. The highest BCUT2D eigenvalue weighted by Gasteiger charge is 2.51. The zero-order valence-electron chi connectivity index (χ0n) is 17.7. The summed E-state index contributed by atoms with van der Waals surface area (Å²) in [5.41, 5.74) is -3.57. The third-order valence-electron chi connectivity index (χ3n) is 6.02. The molecule has 3 aromatic rings. The lowest BCUT2D eigenvalue weighted by Crippen LogP contribution is -2.42.